The monoisotopic (exact) mass is 276 g/mol. The molecule has 0 saturated carbocycles. The lowest BCUT2D eigenvalue weighted by molar-refractivity contribution is -0.121. The Balaban J connectivity index is 1.51. The fraction of sp³-hybridized carbons (Fsp3) is 0.562. The van der Waals surface area contributed by atoms with Gasteiger partial charge in [0.25, 0.3) is 0 Å². The highest BCUT2D eigenvalue weighted by Crippen LogP contribution is 2.10. The van der Waals surface area contributed by atoms with Gasteiger partial charge >= 0.3 is 0 Å². The summed E-state index contributed by atoms with van der Waals surface area (Å²) in [7, 11) is 0. The van der Waals surface area contributed by atoms with Crippen molar-refractivity contribution in [1.29, 1.82) is 0 Å². The van der Waals surface area contributed by atoms with Crippen LogP contribution in [-0.2, 0) is 4.79 Å². The molecular formula is C16H24N2O2. The highest BCUT2D eigenvalue weighted by molar-refractivity contribution is 5.76. The normalized spacial score (nSPS) is 18.5. The van der Waals surface area contributed by atoms with Crippen LogP contribution in [0.15, 0.2) is 30.3 Å². The number of nitrogens with one attached hydrogen (secondary N) is 2. The summed E-state index contributed by atoms with van der Waals surface area (Å²) in [4.78, 5) is 11.8. The van der Waals surface area contributed by atoms with Crippen LogP contribution >= 0.6 is 0 Å². The van der Waals surface area contributed by atoms with Gasteiger partial charge in [-0.25, -0.2) is 0 Å². The number of ether oxygens (including phenoxy) is 1. The molecule has 1 aliphatic heterocycles. The number of hydrogen-bond donors (Lipinski definition) is 2. The Bertz CT molecular complexity index is 389. The molecule has 1 saturated heterocycles. The Kier molecular flexibility index (Phi) is 6.38. The second-order valence-electron chi connectivity index (χ2n) is 5.22. The van der Waals surface area contributed by atoms with Crippen LogP contribution in [0.25, 0.3) is 0 Å². The van der Waals surface area contributed by atoms with Crippen LogP contribution in [0.1, 0.15) is 32.1 Å². The summed E-state index contributed by atoms with van der Waals surface area (Å²) in [6.45, 7) is 2.35. The van der Waals surface area contributed by atoms with E-state index in [1.807, 2.05) is 30.3 Å². The van der Waals surface area contributed by atoms with Gasteiger partial charge in [-0.2, -0.15) is 0 Å². The van der Waals surface area contributed by atoms with Crippen molar-refractivity contribution in [2.24, 2.45) is 0 Å². The molecule has 1 heterocycles. The van der Waals surface area contributed by atoms with Gasteiger partial charge in [-0.1, -0.05) is 24.6 Å². The van der Waals surface area contributed by atoms with Crippen LogP contribution in [-0.4, -0.2) is 31.6 Å². The molecule has 0 spiro atoms. The second kappa shape index (κ2) is 8.59. The molecule has 1 unspecified atom stereocenters. The molecule has 1 fully saturated rings. The summed E-state index contributed by atoms with van der Waals surface area (Å²) < 4.78 is 5.57. The van der Waals surface area contributed by atoms with E-state index in [1.54, 1.807) is 0 Å². The van der Waals surface area contributed by atoms with Crippen molar-refractivity contribution in [2.45, 2.75) is 38.1 Å². The zero-order chi connectivity index (χ0) is 14.0. The molecule has 4 nitrogen and oxygen atoms in total. The van der Waals surface area contributed by atoms with E-state index in [4.69, 9.17) is 4.74 Å². The van der Waals surface area contributed by atoms with Crippen molar-refractivity contribution in [3.63, 3.8) is 0 Å². The van der Waals surface area contributed by atoms with Crippen LogP contribution in [0.2, 0.25) is 0 Å². The number of para-hydroxylation sites is 1. The molecule has 110 valence electrons. The molecule has 1 atom stereocenters. The van der Waals surface area contributed by atoms with Crippen molar-refractivity contribution >= 4 is 5.91 Å². The molecule has 0 radical (unpaired) electrons. The SMILES string of the molecule is O=C(CC1CCCCN1)NCCCOc1ccccc1. The molecular weight excluding hydrogens is 252 g/mol. The van der Waals surface area contributed by atoms with Crippen LogP contribution in [0, 0.1) is 0 Å². The summed E-state index contributed by atoms with van der Waals surface area (Å²) in [5, 5.41) is 6.34. The van der Waals surface area contributed by atoms with Gasteiger partial charge in [0, 0.05) is 19.0 Å². The van der Waals surface area contributed by atoms with E-state index in [0.717, 1.165) is 25.1 Å². The molecule has 1 aromatic rings. The van der Waals surface area contributed by atoms with Gasteiger partial charge in [0.1, 0.15) is 5.75 Å². The van der Waals surface area contributed by atoms with Gasteiger partial charge < -0.3 is 15.4 Å². The first-order valence-electron chi connectivity index (χ1n) is 7.52. The lowest BCUT2D eigenvalue weighted by atomic mass is 10.0. The third-order valence-corrected chi connectivity index (χ3v) is 3.50. The van der Waals surface area contributed by atoms with Gasteiger partial charge in [-0.3, -0.25) is 4.79 Å². The minimum atomic E-state index is 0.143. The first-order valence-corrected chi connectivity index (χ1v) is 7.52. The Labute approximate surface area is 120 Å². The van der Waals surface area contributed by atoms with Crippen molar-refractivity contribution < 1.29 is 9.53 Å². The Morgan fingerprint density at radius 2 is 2.15 bits per heavy atom. The molecule has 0 bridgehead atoms. The highest BCUT2D eigenvalue weighted by Gasteiger charge is 2.15. The molecule has 20 heavy (non-hydrogen) atoms. The van der Waals surface area contributed by atoms with Crippen molar-refractivity contribution in [3.8, 4) is 5.75 Å². The molecule has 2 N–H and O–H groups in total. The summed E-state index contributed by atoms with van der Waals surface area (Å²) in [6, 6.07) is 10.1. The number of hydrogen-bond acceptors (Lipinski definition) is 3. The topological polar surface area (TPSA) is 50.4 Å². The van der Waals surface area contributed by atoms with Crippen LogP contribution < -0.4 is 15.4 Å². The van der Waals surface area contributed by atoms with E-state index in [0.29, 0.717) is 25.6 Å². The molecule has 0 aromatic heterocycles. The number of carbonyl (C=O) groups excluding carboxylic acids is 1. The first kappa shape index (κ1) is 14.9. The second-order valence-corrected chi connectivity index (χ2v) is 5.22. The standard InChI is InChI=1S/C16H24N2O2/c19-16(13-14-7-4-5-10-17-14)18-11-6-12-20-15-8-2-1-3-9-15/h1-3,8-9,14,17H,4-7,10-13H2,(H,18,19). The molecule has 1 aromatic carbocycles. The van der Waals surface area contributed by atoms with Gasteiger partial charge in [0.05, 0.1) is 6.61 Å². The van der Waals surface area contributed by atoms with Crippen LogP contribution in [0.4, 0.5) is 0 Å². The number of rotatable bonds is 7. The van der Waals surface area contributed by atoms with E-state index >= 15 is 0 Å². The van der Waals surface area contributed by atoms with Gasteiger partial charge in [-0.05, 0) is 37.9 Å². The Morgan fingerprint density at radius 1 is 1.30 bits per heavy atom. The minimum Gasteiger partial charge on any atom is -0.494 e. The Hall–Kier alpha value is -1.55. The molecule has 2 rings (SSSR count). The summed E-state index contributed by atoms with van der Waals surface area (Å²) in [5.74, 6) is 1.02. The largest absolute Gasteiger partial charge is 0.494 e. The smallest absolute Gasteiger partial charge is 0.221 e. The predicted molar refractivity (Wildman–Crippen MR) is 79.8 cm³/mol. The number of piperidine rings is 1. The van der Waals surface area contributed by atoms with Crippen molar-refractivity contribution in [1.82, 2.24) is 10.6 Å². The van der Waals surface area contributed by atoms with E-state index < -0.39 is 0 Å². The number of amides is 1. The summed E-state index contributed by atoms with van der Waals surface area (Å²) in [5.41, 5.74) is 0. The number of carbonyl (C=O) groups is 1. The molecule has 1 aliphatic rings. The third-order valence-electron chi connectivity index (χ3n) is 3.50. The van der Waals surface area contributed by atoms with Gasteiger partial charge in [0.15, 0.2) is 0 Å². The lowest BCUT2D eigenvalue weighted by Crippen LogP contribution is -2.39. The summed E-state index contributed by atoms with van der Waals surface area (Å²) in [6.07, 6.45) is 5.01. The average molecular weight is 276 g/mol. The van der Waals surface area contributed by atoms with Crippen molar-refractivity contribution in [3.05, 3.63) is 30.3 Å². The molecule has 0 aliphatic carbocycles. The maximum absolute atomic E-state index is 11.8. The van der Waals surface area contributed by atoms with Gasteiger partial charge in [0.2, 0.25) is 5.91 Å². The highest BCUT2D eigenvalue weighted by atomic mass is 16.5. The third kappa shape index (κ3) is 5.61. The molecule has 4 heteroatoms. The fourth-order valence-electron chi connectivity index (χ4n) is 2.40. The van der Waals surface area contributed by atoms with E-state index in [9.17, 15) is 4.79 Å². The lowest BCUT2D eigenvalue weighted by Gasteiger charge is -2.22. The van der Waals surface area contributed by atoms with Crippen molar-refractivity contribution in [2.75, 3.05) is 19.7 Å². The maximum Gasteiger partial charge on any atom is 0.221 e. The fourth-order valence-corrected chi connectivity index (χ4v) is 2.40. The van der Waals surface area contributed by atoms with E-state index in [1.165, 1.54) is 12.8 Å². The van der Waals surface area contributed by atoms with E-state index in [2.05, 4.69) is 10.6 Å². The van der Waals surface area contributed by atoms with Crippen LogP contribution in [0.5, 0.6) is 5.75 Å². The minimum absolute atomic E-state index is 0.143. The maximum atomic E-state index is 11.8. The van der Waals surface area contributed by atoms with Gasteiger partial charge in [-0.15, -0.1) is 0 Å². The summed E-state index contributed by atoms with van der Waals surface area (Å²) >= 11 is 0. The predicted octanol–water partition coefficient (Wildman–Crippen LogP) is 2.10. The average Bonchev–Trinajstić information content (AvgIpc) is 2.49. The quantitative estimate of drug-likeness (QED) is 0.750. The number of benzene rings is 1. The first-order chi connectivity index (χ1) is 9.84. The van der Waals surface area contributed by atoms with Crippen LogP contribution in [0.3, 0.4) is 0 Å². The zero-order valence-corrected chi connectivity index (χ0v) is 11.9. The van der Waals surface area contributed by atoms with E-state index in [-0.39, 0.29) is 5.91 Å². The molecule has 1 amide bonds. The zero-order valence-electron chi connectivity index (χ0n) is 11.9. The Morgan fingerprint density at radius 3 is 2.90 bits per heavy atom.